The van der Waals surface area contributed by atoms with Crippen molar-refractivity contribution in [3.63, 3.8) is 0 Å². The van der Waals surface area contributed by atoms with E-state index in [0.29, 0.717) is 10.8 Å². The first kappa shape index (κ1) is 56.0. The molecule has 0 saturated carbocycles. The minimum absolute atomic E-state index is 0.218. The van der Waals surface area contributed by atoms with Gasteiger partial charge in [-0.05, 0) is 160 Å². The van der Waals surface area contributed by atoms with Crippen LogP contribution in [0.2, 0.25) is 0 Å². The molecular formula is C61H78BF3N2O5S. The summed E-state index contributed by atoms with van der Waals surface area (Å²) in [7, 11) is -5.90. The lowest BCUT2D eigenvalue weighted by Crippen LogP contribution is -2.41. The number of unbranched alkanes of at least 4 members (excludes halogenated alkanes) is 10. The van der Waals surface area contributed by atoms with Crippen LogP contribution in [0.15, 0.2) is 97.3 Å². The van der Waals surface area contributed by atoms with Crippen LogP contribution in [0.1, 0.15) is 178 Å². The number of halogens is 3. The van der Waals surface area contributed by atoms with E-state index in [2.05, 4.69) is 105 Å². The van der Waals surface area contributed by atoms with Gasteiger partial charge in [-0.3, -0.25) is 4.98 Å². The van der Waals surface area contributed by atoms with E-state index in [1.807, 2.05) is 6.20 Å². The third kappa shape index (κ3) is 14.5. The van der Waals surface area contributed by atoms with Gasteiger partial charge >= 0.3 is 22.7 Å². The van der Waals surface area contributed by atoms with Crippen LogP contribution in [-0.2, 0) is 58.0 Å². The number of aromatic nitrogens is 2. The van der Waals surface area contributed by atoms with Gasteiger partial charge in [0.2, 0.25) is 5.88 Å². The number of benzene rings is 4. The number of pyridine rings is 2. The van der Waals surface area contributed by atoms with Crippen LogP contribution in [0.5, 0.6) is 5.88 Å². The second-order valence-electron chi connectivity index (χ2n) is 21.3. The summed E-state index contributed by atoms with van der Waals surface area (Å²) >= 11 is 0. The van der Waals surface area contributed by atoms with Gasteiger partial charge in [-0.25, -0.2) is 4.98 Å². The van der Waals surface area contributed by atoms with E-state index in [-0.39, 0.29) is 18.3 Å². The largest absolute Gasteiger partial charge is 0.534 e. The van der Waals surface area contributed by atoms with Gasteiger partial charge in [0.05, 0.1) is 16.9 Å². The summed E-state index contributed by atoms with van der Waals surface area (Å²) in [5, 5.41) is 3.70. The molecule has 4 aromatic carbocycles. The Morgan fingerprint density at radius 2 is 1.01 bits per heavy atom. The molecule has 12 heteroatoms. The molecule has 2 aromatic heterocycles. The van der Waals surface area contributed by atoms with Crippen molar-refractivity contribution < 1.29 is 35.1 Å². The SMILES string of the molecule is CCCCCCCCc1ccc(-c2cc3ccccc3cn2)c2c1CCCC2.CCCCCCCCc1ccc(B2OC(C)(C)C(C)(C)O2)c2c1CCCC2.O=S(=O)(Oc1cc2ccccc2cn1)C(F)(F)F. The van der Waals surface area contributed by atoms with Gasteiger partial charge in [-0.2, -0.15) is 21.6 Å². The topological polar surface area (TPSA) is 87.6 Å². The molecule has 6 aromatic rings. The Bertz CT molecular complexity index is 2850. The molecule has 0 radical (unpaired) electrons. The van der Waals surface area contributed by atoms with E-state index < -0.39 is 21.5 Å². The highest BCUT2D eigenvalue weighted by Crippen LogP contribution is 2.38. The molecule has 7 nitrogen and oxygen atoms in total. The Morgan fingerprint density at radius 1 is 0.562 bits per heavy atom. The van der Waals surface area contributed by atoms with Crippen molar-refractivity contribution >= 4 is 44.2 Å². The van der Waals surface area contributed by atoms with Crippen molar-refractivity contribution in [2.24, 2.45) is 0 Å². The van der Waals surface area contributed by atoms with Crippen molar-refractivity contribution in [3.8, 4) is 17.1 Å². The standard InChI is InChI=1S/C27H33N.C24H39BO2.C10H6F3NO3S/c1-2-3-4-5-6-7-12-21-17-18-26(25-16-11-10-15-24(21)25)27-19-22-13-8-9-14-23(22)20-28-27;1-6-7-8-9-10-11-14-19-17-18-22(21-16-13-12-15-20(19)21)25-26-23(2,3)24(4,5)27-25;11-10(12,13)18(15,16)17-9-5-7-3-1-2-4-8(7)6-14-9/h8-9,13-14,17-20H,2-7,10-12,15-16H2,1H3;17-18H,6-16H2,1-5H3;1-6H. The number of alkyl halides is 3. The molecule has 1 aliphatic heterocycles. The van der Waals surface area contributed by atoms with Crippen LogP contribution in [0.3, 0.4) is 0 Å². The lowest BCUT2D eigenvalue weighted by Gasteiger charge is -2.32. The number of rotatable bonds is 18. The molecule has 0 unspecified atom stereocenters. The number of aryl methyl sites for hydroxylation is 2. The van der Waals surface area contributed by atoms with Crippen molar-refractivity contribution in [2.75, 3.05) is 0 Å². The monoisotopic (exact) mass is 1020 g/mol. The van der Waals surface area contributed by atoms with Crippen molar-refractivity contribution in [2.45, 2.75) is 200 Å². The van der Waals surface area contributed by atoms with E-state index in [1.165, 1.54) is 175 Å². The van der Waals surface area contributed by atoms with Crippen LogP contribution in [0.25, 0.3) is 32.8 Å². The molecular weight excluding hydrogens is 941 g/mol. The lowest BCUT2D eigenvalue weighted by atomic mass is 9.70. The highest BCUT2D eigenvalue weighted by molar-refractivity contribution is 7.88. The maximum absolute atomic E-state index is 12.1. The molecule has 392 valence electrons. The molecule has 73 heavy (non-hydrogen) atoms. The molecule has 0 N–H and O–H groups in total. The molecule has 2 aliphatic carbocycles. The van der Waals surface area contributed by atoms with Crippen molar-refractivity contribution in [3.05, 3.63) is 131 Å². The molecule has 1 fully saturated rings. The first-order valence-electron chi connectivity index (χ1n) is 27.4. The third-order valence-corrected chi connectivity index (χ3v) is 16.4. The molecule has 0 bridgehead atoms. The number of nitrogens with zero attached hydrogens (tertiary/aromatic N) is 2. The van der Waals surface area contributed by atoms with Crippen LogP contribution in [-0.4, -0.2) is 42.2 Å². The summed E-state index contributed by atoms with van der Waals surface area (Å²) in [4.78, 5) is 8.32. The summed E-state index contributed by atoms with van der Waals surface area (Å²) < 4.78 is 74.5. The highest BCUT2D eigenvalue weighted by Gasteiger charge is 2.52. The summed E-state index contributed by atoms with van der Waals surface area (Å²) in [6.07, 6.45) is 32.3. The first-order chi connectivity index (χ1) is 35.0. The fourth-order valence-electron chi connectivity index (χ4n) is 10.5. The minimum atomic E-state index is -5.68. The zero-order valence-electron chi connectivity index (χ0n) is 44.3. The van der Waals surface area contributed by atoms with Gasteiger partial charge in [-0.1, -0.05) is 151 Å². The maximum atomic E-state index is 12.1. The zero-order chi connectivity index (χ0) is 52.1. The van der Waals surface area contributed by atoms with Gasteiger partial charge in [0.15, 0.2) is 0 Å². The Morgan fingerprint density at radius 3 is 1.56 bits per heavy atom. The average molecular weight is 1020 g/mol. The quantitative estimate of drug-likeness (QED) is 0.0367. The minimum Gasteiger partial charge on any atom is -0.399 e. The van der Waals surface area contributed by atoms with Crippen molar-refractivity contribution in [1.29, 1.82) is 0 Å². The number of hydrogen-bond donors (Lipinski definition) is 0. The average Bonchev–Trinajstić information content (AvgIpc) is 3.60. The second-order valence-corrected chi connectivity index (χ2v) is 22.8. The van der Waals surface area contributed by atoms with Gasteiger partial charge in [0.1, 0.15) is 0 Å². The van der Waals surface area contributed by atoms with Crippen LogP contribution < -0.4 is 9.65 Å². The van der Waals surface area contributed by atoms with E-state index in [9.17, 15) is 21.6 Å². The molecule has 0 amide bonds. The van der Waals surface area contributed by atoms with E-state index in [1.54, 1.807) is 52.1 Å². The Kier molecular flexibility index (Phi) is 19.7. The van der Waals surface area contributed by atoms with E-state index in [0.717, 1.165) is 11.8 Å². The summed E-state index contributed by atoms with van der Waals surface area (Å²) in [5.41, 5.74) is 7.35. The van der Waals surface area contributed by atoms with Crippen LogP contribution >= 0.6 is 0 Å². The first-order valence-corrected chi connectivity index (χ1v) is 28.8. The van der Waals surface area contributed by atoms with Gasteiger partial charge < -0.3 is 13.5 Å². The molecule has 3 heterocycles. The molecule has 0 spiro atoms. The smallest absolute Gasteiger partial charge is 0.399 e. The predicted molar refractivity (Wildman–Crippen MR) is 294 cm³/mol. The van der Waals surface area contributed by atoms with Gasteiger partial charge in [0, 0.05) is 34.8 Å². The van der Waals surface area contributed by atoms with E-state index in [4.69, 9.17) is 14.3 Å². The molecule has 9 rings (SSSR count). The molecule has 1 saturated heterocycles. The normalized spacial score (nSPS) is 16.0. The van der Waals surface area contributed by atoms with Gasteiger partial charge in [-0.15, -0.1) is 0 Å². The van der Waals surface area contributed by atoms with E-state index >= 15 is 0 Å². The fourth-order valence-corrected chi connectivity index (χ4v) is 10.9. The number of fused-ring (bicyclic) bond motifs is 4. The summed E-state index contributed by atoms with van der Waals surface area (Å²) in [6, 6.07) is 28.0. The highest BCUT2D eigenvalue weighted by atomic mass is 32.2. The Hall–Kier alpha value is -4.78. The lowest BCUT2D eigenvalue weighted by molar-refractivity contribution is -0.0501. The molecule has 3 aliphatic rings. The fraction of sp³-hybridized carbons (Fsp3) is 0.508. The van der Waals surface area contributed by atoms with Crippen molar-refractivity contribution in [1.82, 2.24) is 9.97 Å². The van der Waals surface area contributed by atoms with Crippen LogP contribution in [0, 0.1) is 0 Å². The van der Waals surface area contributed by atoms with Crippen LogP contribution in [0.4, 0.5) is 13.2 Å². The summed E-state index contributed by atoms with van der Waals surface area (Å²) in [5.74, 6) is -0.619. The molecule has 0 atom stereocenters. The zero-order valence-corrected chi connectivity index (χ0v) is 45.2. The second kappa shape index (κ2) is 25.6. The predicted octanol–water partition coefficient (Wildman–Crippen LogP) is 15.9. The Balaban J connectivity index is 0.000000164. The maximum Gasteiger partial charge on any atom is 0.534 e. The third-order valence-electron chi connectivity index (χ3n) is 15.4. The number of hydrogen-bond acceptors (Lipinski definition) is 7. The Labute approximate surface area is 434 Å². The van der Waals surface area contributed by atoms with Gasteiger partial charge in [0.25, 0.3) is 0 Å². The summed E-state index contributed by atoms with van der Waals surface area (Å²) in [6.45, 7) is 13.2.